The van der Waals surface area contributed by atoms with Crippen LogP contribution in [0.3, 0.4) is 0 Å². The molecule has 0 aliphatic heterocycles. The third-order valence-corrected chi connectivity index (χ3v) is 14.7. The molecule has 1 unspecified atom stereocenters. The predicted molar refractivity (Wildman–Crippen MR) is 142 cm³/mol. The third-order valence-electron chi connectivity index (χ3n) is 12.2. The minimum Gasteiger partial charge on any atom is -0.393 e. The molecule has 2 fully saturated rings. The molecule has 0 amide bonds. The van der Waals surface area contributed by atoms with Crippen LogP contribution in [0.4, 0.5) is 0 Å². The van der Waals surface area contributed by atoms with Crippen LogP contribution in [0.15, 0.2) is 11.1 Å². The number of hydrogen-bond acceptors (Lipinski definition) is 1. The topological polar surface area (TPSA) is 20.2 Å². The number of rotatable bonds is 5. The molecule has 0 bridgehead atoms. The lowest BCUT2D eigenvalue weighted by atomic mass is 9.43. The summed E-state index contributed by atoms with van der Waals surface area (Å²) in [7, 11) is 0.567. The molecule has 1 nitrogen and oxygen atoms in total. The molecule has 0 spiro atoms. The number of allylic oxidation sites excluding steroid dienone is 2. The predicted octanol–water partition coefficient (Wildman–Crippen LogP) is 7.78. The van der Waals surface area contributed by atoms with Gasteiger partial charge in [0.1, 0.15) is 11.0 Å². The van der Waals surface area contributed by atoms with Crippen LogP contribution in [0.5, 0.6) is 0 Å². The molecular weight excluding hydrogens is 408 g/mol. The molecule has 4 aliphatic carbocycles. The molecule has 4 rings (SSSR count). The van der Waals surface area contributed by atoms with Crippen molar-refractivity contribution < 1.29 is 5.11 Å². The molecule has 1 N–H and O–H groups in total. The standard InChI is InChI=1S/C30H53OS/c1-20(2)32(9)19-15-21(3)22-12-17-30(8)24-10-11-25-27(4,5)26(31)14-16-28(25,6)23(24)13-18-29(22,30)7/h20-22,25-26,31H,10-19H2,1-9H3/q+1/t21-,22-,25+,26+,28-,29-,30+,32?/m1/s1. The minimum absolute atomic E-state index is 0.0494. The van der Waals surface area contributed by atoms with Crippen molar-refractivity contribution in [2.75, 3.05) is 12.0 Å². The van der Waals surface area contributed by atoms with E-state index in [0.29, 0.717) is 33.1 Å². The van der Waals surface area contributed by atoms with Gasteiger partial charge in [-0.05, 0) is 122 Å². The lowest BCUT2D eigenvalue weighted by Gasteiger charge is -2.62. The Morgan fingerprint density at radius 2 is 1.59 bits per heavy atom. The summed E-state index contributed by atoms with van der Waals surface area (Å²) in [5, 5.41) is 11.7. The summed E-state index contributed by atoms with van der Waals surface area (Å²) in [4.78, 5) is 0. The maximum Gasteiger partial charge on any atom is 0.112 e. The molecule has 184 valence electrons. The fourth-order valence-electron chi connectivity index (χ4n) is 9.44. The van der Waals surface area contributed by atoms with Gasteiger partial charge in [0, 0.05) is 0 Å². The molecule has 0 aromatic rings. The Kier molecular flexibility index (Phi) is 6.54. The molecular formula is C30H53OS+. The second-order valence-corrected chi connectivity index (χ2v) is 16.7. The van der Waals surface area contributed by atoms with Crippen LogP contribution in [0.1, 0.15) is 113 Å². The van der Waals surface area contributed by atoms with E-state index in [2.05, 4.69) is 61.6 Å². The van der Waals surface area contributed by atoms with Gasteiger partial charge in [-0.3, -0.25) is 0 Å². The average Bonchev–Trinajstić information content (AvgIpc) is 3.00. The fraction of sp³-hybridized carbons (Fsp3) is 0.933. The van der Waals surface area contributed by atoms with Crippen molar-refractivity contribution >= 4 is 10.9 Å². The van der Waals surface area contributed by atoms with Crippen molar-refractivity contribution in [3.05, 3.63) is 11.1 Å². The number of fused-ring (bicyclic) bond motifs is 4. The first-order chi connectivity index (χ1) is 14.8. The van der Waals surface area contributed by atoms with E-state index < -0.39 is 0 Å². The van der Waals surface area contributed by atoms with Gasteiger partial charge in [0.25, 0.3) is 0 Å². The van der Waals surface area contributed by atoms with Gasteiger partial charge in [0.2, 0.25) is 0 Å². The van der Waals surface area contributed by atoms with E-state index in [0.717, 1.165) is 23.5 Å². The normalized spacial score (nSPS) is 45.3. The zero-order chi connectivity index (χ0) is 23.7. The highest BCUT2D eigenvalue weighted by Crippen LogP contribution is 2.72. The summed E-state index contributed by atoms with van der Waals surface area (Å²) in [5.74, 6) is 3.81. The minimum atomic E-state index is -0.127. The van der Waals surface area contributed by atoms with E-state index in [1.165, 1.54) is 57.1 Å². The van der Waals surface area contributed by atoms with Crippen molar-refractivity contribution in [3.63, 3.8) is 0 Å². The second kappa shape index (κ2) is 8.32. The Bertz CT molecular complexity index is 752. The number of aliphatic hydroxyl groups is 1. The Morgan fingerprint density at radius 1 is 0.906 bits per heavy atom. The molecule has 2 saturated carbocycles. The highest BCUT2D eigenvalue weighted by molar-refractivity contribution is 7.96. The number of hydrogen-bond donors (Lipinski definition) is 1. The second-order valence-electron chi connectivity index (χ2n) is 13.9. The first kappa shape index (κ1) is 25.2. The van der Waals surface area contributed by atoms with Crippen molar-refractivity contribution in [3.8, 4) is 0 Å². The smallest absolute Gasteiger partial charge is 0.112 e. The lowest BCUT2D eigenvalue weighted by molar-refractivity contribution is -0.0962. The molecule has 0 aromatic carbocycles. The molecule has 2 heteroatoms. The van der Waals surface area contributed by atoms with E-state index in [1.807, 2.05) is 11.1 Å². The molecule has 0 radical (unpaired) electrons. The Labute approximate surface area is 202 Å². The molecule has 4 aliphatic rings. The van der Waals surface area contributed by atoms with Gasteiger partial charge in [0.05, 0.1) is 12.4 Å². The van der Waals surface area contributed by atoms with Crippen molar-refractivity contribution in [1.82, 2.24) is 0 Å². The summed E-state index contributed by atoms with van der Waals surface area (Å²) in [6, 6.07) is 0. The fourth-order valence-corrected chi connectivity index (χ4v) is 10.7. The van der Waals surface area contributed by atoms with Crippen LogP contribution in [-0.4, -0.2) is 28.5 Å². The van der Waals surface area contributed by atoms with Crippen molar-refractivity contribution in [1.29, 1.82) is 0 Å². The zero-order valence-electron chi connectivity index (χ0n) is 22.8. The summed E-state index contributed by atoms with van der Waals surface area (Å²) < 4.78 is 0. The molecule has 0 saturated heterocycles. The summed E-state index contributed by atoms with van der Waals surface area (Å²) >= 11 is 0. The van der Waals surface area contributed by atoms with E-state index in [9.17, 15) is 5.11 Å². The maximum absolute atomic E-state index is 10.8. The van der Waals surface area contributed by atoms with Gasteiger partial charge in [-0.25, -0.2) is 0 Å². The largest absolute Gasteiger partial charge is 0.393 e. The summed E-state index contributed by atoms with van der Waals surface area (Å²) in [5.41, 5.74) is 5.00. The maximum atomic E-state index is 10.8. The van der Waals surface area contributed by atoms with Gasteiger partial charge < -0.3 is 5.11 Å². The number of aliphatic hydroxyl groups excluding tert-OH is 1. The Balaban J connectivity index is 1.62. The highest BCUT2D eigenvalue weighted by atomic mass is 32.2. The van der Waals surface area contributed by atoms with E-state index in [4.69, 9.17) is 0 Å². The van der Waals surface area contributed by atoms with Gasteiger partial charge in [-0.2, -0.15) is 0 Å². The van der Waals surface area contributed by atoms with Gasteiger partial charge in [-0.1, -0.05) is 52.7 Å². The third kappa shape index (κ3) is 3.51. The van der Waals surface area contributed by atoms with E-state index in [-0.39, 0.29) is 11.5 Å². The quantitative estimate of drug-likeness (QED) is 0.327. The molecule has 0 aromatic heterocycles. The molecule has 8 atom stereocenters. The monoisotopic (exact) mass is 461 g/mol. The lowest BCUT2D eigenvalue weighted by Crippen LogP contribution is -2.55. The van der Waals surface area contributed by atoms with Crippen molar-refractivity contribution in [2.45, 2.75) is 125 Å². The van der Waals surface area contributed by atoms with Gasteiger partial charge in [0.15, 0.2) is 0 Å². The highest BCUT2D eigenvalue weighted by Gasteiger charge is 2.63. The molecule has 32 heavy (non-hydrogen) atoms. The van der Waals surface area contributed by atoms with Crippen molar-refractivity contribution in [2.24, 2.45) is 39.4 Å². The van der Waals surface area contributed by atoms with Crippen LogP contribution >= 0.6 is 0 Å². The summed E-state index contributed by atoms with van der Waals surface area (Å²) in [6.45, 7) is 20.1. The average molecular weight is 462 g/mol. The Morgan fingerprint density at radius 3 is 2.25 bits per heavy atom. The first-order valence-corrected chi connectivity index (χ1v) is 15.7. The van der Waals surface area contributed by atoms with Crippen LogP contribution in [0.2, 0.25) is 0 Å². The van der Waals surface area contributed by atoms with Crippen LogP contribution in [0, 0.1) is 39.4 Å². The van der Waals surface area contributed by atoms with Crippen LogP contribution in [0.25, 0.3) is 0 Å². The first-order valence-electron chi connectivity index (χ1n) is 13.8. The van der Waals surface area contributed by atoms with E-state index >= 15 is 0 Å². The van der Waals surface area contributed by atoms with Crippen LogP contribution < -0.4 is 0 Å². The van der Waals surface area contributed by atoms with Gasteiger partial charge in [-0.15, -0.1) is 0 Å². The van der Waals surface area contributed by atoms with Crippen LogP contribution in [-0.2, 0) is 10.9 Å². The zero-order valence-corrected chi connectivity index (χ0v) is 23.6. The Hall–Kier alpha value is 0.0500. The molecule has 0 heterocycles. The summed E-state index contributed by atoms with van der Waals surface area (Å²) in [6.07, 6.45) is 14.1. The SMILES string of the molecule is CC(C)[S+](C)CC[C@@H](C)[C@H]1CC[C@@]2(C)C3=C(CC[C@]12C)[C@@]1(C)CC[C@H](O)C(C)(C)[C@@H]1CC3. The van der Waals surface area contributed by atoms with Gasteiger partial charge >= 0.3 is 0 Å². The van der Waals surface area contributed by atoms with E-state index in [1.54, 1.807) is 0 Å².